The summed E-state index contributed by atoms with van der Waals surface area (Å²) in [6.07, 6.45) is 6.57. The van der Waals surface area contributed by atoms with Crippen LogP contribution in [0.25, 0.3) is 0 Å². The van der Waals surface area contributed by atoms with Crippen LogP contribution in [-0.4, -0.2) is 29.9 Å². The van der Waals surface area contributed by atoms with Crippen molar-refractivity contribution >= 4 is 11.9 Å². The molecule has 0 aromatic carbocycles. The van der Waals surface area contributed by atoms with E-state index < -0.39 is 12.3 Å². The Hall–Kier alpha value is -1.62. The summed E-state index contributed by atoms with van der Waals surface area (Å²) < 4.78 is 10.1. The van der Waals surface area contributed by atoms with E-state index in [0.29, 0.717) is 30.1 Å². The summed E-state index contributed by atoms with van der Waals surface area (Å²) in [7, 11) is 0. The molecule has 0 aromatic rings. The first-order valence-electron chi connectivity index (χ1n) is 8.76. The first kappa shape index (κ1) is 22.4. The Morgan fingerprint density at radius 3 is 2.08 bits per heavy atom. The molecule has 1 N–H and O–H groups in total. The Morgan fingerprint density at radius 1 is 1.00 bits per heavy atom. The van der Waals surface area contributed by atoms with Crippen molar-refractivity contribution in [2.45, 2.75) is 73.0 Å². The number of aliphatic hydroxyl groups excluding tert-OH is 1. The molecule has 138 valence electrons. The molecule has 0 rings (SSSR count). The molecule has 2 atom stereocenters. The summed E-state index contributed by atoms with van der Waals surface area (Å²) in [5.41, 5.74) is 0.729. The molecular formula is C19H32O5. The molecule has 0 aliphatic heterocycles. The lowest BCUT2D eigenvalue weighted by molar-refractivity contribution is -0.163. The number of esters is 2. The van der Waals surface area contributed by atoms with Crippen LogP contribution in [0.5, 0.6) is 0 Å². The number of hydrogen-bond donors (Lipinski definition) is 1. The predicted molar refractivity (Wildman–Crippen MR) is 94.2 cm³/mol. The first-order valence-corrected chi connectivity index (χ1v) is 8.76. The van der Waals surface area contributed by atoms with Gasteiger partial charge in [-0.3, -0.25) is 0 Å². The van der Waals surface area contributed by atoms with Gasteiger partial charge in [0.2, 0.25) is 6.29 Å². The average Bonchev–Trinajstić information content (AvgIpc) is 2.58. The number of rotatable bonds is 11. The van der Waals surface area contributed by atoms with Crippen LogP contribution in [0.15, 0.2) is 23.3 Å². The molecule has 0 bridgehead atoms. The van der Waals surface area contributed by atoms with Gasteiger partial charge in [0.25, 0.3) is 0 Å². The topological polar surface area (TPSA) is 72.8 Å². The van der Waals surface area contributed by atoms with Crippen molar-refractivity contribution in [3.05, 3.63) is 23.3 Å². The normalized spacial score (nSPS) is 14.9. The van der Waals surface area contributed by atoms with Gasteiger partial charge in [0.05, 0.1) is 6.61 Å². The van der Waals surface area contributed by atoms with Gasteiger partial charge >= 0.3 is 11.9 Å². The molecule has 0 aliphatic carbocycles. The maximum absolute atomic E-state index is 12.0. The van der Waals surface area contributed by atoms with E-state index in [1.54, 1.807) is 20.8 Å². The number of carbonyl (C=O) groups is 2. The lowest BCUT2D eigenvalue weighted by Crippen LogP contribution is -2.17. The van der Waals surface area contributed by atoms with Crippen LogP contribution < -0.4 is 0 Å². The Labute approximate surface area is 145 Å². The van der Waals surface area contributed by atoms with Crippen molar-refractivity contribution in [3.8, 4) is 0 Å². The number of carbonyl (C=O) groups excluding carboxylic acids is 2. The fourth-order valence-corrected chi connectivity index (χ4v) is 1.89. The summed E-state index contributed by atoms with van der Waals surface area (Å²) in [5, 5.41) is 9.29. The van der Waals surface area contributed by atoms with Gasteiger partial charge in [-0.15, -0.1) is 0 Å². The maximum Gasteiger partial charge on any atom is 0.336 e. The Kier molecular flexibility index (Phi) is 11.9. The standard InChI is InChI=1S/C19H32O5/c1-6-9-10-16(7-2)13-23-18(21)14(4)11-12-15(5)19(22)24-17(20)8-3/h11-12,16-17,20H,6-10,13H2,1-5H3/b14-11+,15-12+. The monoisotopic (exact) mass is 340 g/mol. The van der Waals surface area contributed by atoms with Crippen LogP contribution in [0.3, 0.4) is 0 Å². The molecule has 24 heavy (non-hydrogen) atoms. The minimum absolute atomic E-state index is 0.309. The second-order valence-corrected chi connectivity index (χ2v) is 5.98. The number of aliphatic hydroxyl groups is 1. The number of hydrogen-bond acceptors (Lipinski definition) is 5. The van der Waals surface area contributed by atoms with Crippen molar-refractivity contribution in [1.82, 2.24) is 0 Å². The number of ether oxygens (including phenoxy) is 2. The van der Waals surface area contributed by atoms with Crippen LogP contribution in [0.2, 0.25) is 0 Å². The second kappa shape index (κ2) is 12.8. The summed E-state index contributed by atoms with van der Waals surface area (Å²) in [5.74, 6) is -0.590. The van der Waals surface area contributed by atoms with E-state index in [2.05, 4.69) is 13.8 Å². The van der Waals surface area contributed by atoms with Gasteiger partial charge in [-0.2, -0.15) is 0 Å². The van der Waals surface area contributed by atoms with Crippen molar-refractivity contribution in [1.29, 1.82) is 0 Å². The van der Waals surface area contributed by atoms with Gasteiger partial charge in [0, 0.05) is 17.6 Å². The average molecular weight is 340 g/mol. The highest BCUT2D eigenvalue weighted by molar-refractivity contribution is 5.90. The molecule has 2 unspecified atom stereocenters. The zero-order chi connectivity index (χ0) is 18.5. The van der Waals surface area contributed by atoms with Gasteiger partial charge in [-0.1, -0.05) is 52.2 Å². The molecule has 0 spiro atoms. The summed E-state index contributed by atoms with van der Waals surface area (Å²) in [6.45, 7) is 9.59. The lowest BCUT2D eigenvalue weighted by Gasteiger charge is -2.14. The third kappa shape index (κ3) is 9.50. The highest BCUT2D eigenvalue weighted by atomic mass is 16.6. The molecule has 0 amide bonds. The number of allylic oxidation sites excluding steroid dienone is 2. The third-order valence-corrected chi connectivity index (χ3v) is 3.81. The van der Waals surface area contributed by atoms with Crippen molar-refractivity contribution < 1.29 is 24.2 Å². The minimum Gasteiger partial charge on any atom is -0.462 e. The van der Waals surface area contributed by atoms with Crippen LogP contribution in [0, 0.1) is 5.92 Å². The molecule has 0 fully saturated rings. The highest BCUT2D eigenvalue weighted by Gasteiger charge is 2.12. The van der Waals surface area contributed by atoms with Gasteiger partial charge in [-0.25, -0.2) is 9.59 Å². The molecule has 0 heterocycles. The van der Waals surface area contributed by atoms with Crippen LogP contribution in [0.1, 0.15) is 66.7 Å². The molecule has 0 aromatic heterocycles. The van der Waals surface area contributed by atoms with Gasteiger partial charge in [-0.05, 0) is 26.2 Å². The van der Waals surface area contributed by atoms with E-state index in [1.807, 2.05) is 0 Å². The Bertz CT molecular complexity index is 451. The molecule has 0 saturated heterocycles. The van der Waals surface area contributed by atoms with E-state index in [0.717, 1.165) is 25.7 Å². The van der Waals surface area contributed by atoms with Crippen LogP contribution >= 0.6 is 0 Å². The fraction of sp³-hybridized carbons (Fsp3) is 0.684. The fourth-order valence-electron chi connectivity index (χ4n) is 1.89. The first-order chi connectivity index (χ1) is 11.3. The smallest absolute Gasteiger partial charge is 0.336 e. The molecule has 0 radical (unpaired) electrons. The molecular weight excluding hydrogens is 308 g/mol. The van der Waals surface area contributed by atoms with Crippen molar-refractivity contribution in [3.63, 3.8) is 0 Å². The van der Waals surface area contributed by atoms with Crippen molar-refractivity contribution in [2.24, 2.45) is 5.92 Å². The van der Waals surface area contributed by atoms with E-state index in [9.17, 15) is 14.7 Å². The van der Waals surface area contributed by atoms with Gasteiger partial charge < -0.3 is 14.6 Å². The quantitative estimate of drug-likeness (QED) is 0.267. The Morgan fingerprint density at radius 2 is 1.58 bits per heavy atom. The second-order valence-electron chi connectivity index (χ2n) is 5.98. The van der Waals surface area contributed by atoms with Gasteiger partial charge in [0.1, 0.15) is 0 Å². The SMILES string of the molecule is CCCCC(CC)COC(=O)/C(C)=C/C=C(\C)C(=O)OC(O)CC. The molecule has 5 nitrogen and oxygen atoms in total. The zero-order valence-corrected chi connectivity index (χ0v) is 15.6. The lowest BCUT2D eigenvalue weighted by atomic mass is 10.0. The van der Waals surface area contributed by atoms with Crippen LogP contribution in [0.4, 0.5) is 0 Å². The zero-order valence-electron chi connectivity index (χ0n) is 15.6. The summed E-state index contributed by atoms with van der Waals surface area (Å²) in [4.78, 5) is 23.6. The highest BCUT2D eigenvalue weighted by Crippen LogP contribution is 2.14. The molecule has 0 saturated carbocycles. The third-order valence-electron chi connectivity index (χ3n) is 3.81. The minimum atomic E-state index is -1.11. The van der Waals surface area contributed by atoms with E-state index in [1.165, 1.54) is 12.2 Å². The maximum atomic E-state index is 12.0. The van der Waals surface area contributed by atoms with Gasteiger partial charge in [0.15, 0.2) is 0 Å². The van der Waals surface area contributed by atoms with E-state index >= 15 is 0 Å². The largest absolute Gasteiger partial charge is 0.462 e. The van der Waals surface area contributed by atoms with E-state index in [4.69, 9.17) is 9.47 Å². The Balaban J connectivity index is 4.52. The summed E-state index contributed by atoms with van der Waals surface area (Å²) in [6, 6.07) is 0. The predicted octanol–water partition coefficient (Wildman–Crippen LogP) is 3.91. The van der Waals surface area contributed by atoms with Crippen LogP contribution in [-0.2, 0) is 19.1 Å². The molecule has 0 aliphatic rings. The van der Waals surface area contributed by atoms with E-state index in [-0.39, 0.29) is 5.97 Å². The summed E-state index contributed by atoms with van der Waals surface area (Å²) >= 11 is 0. The van der Waals surface area contributed by atoms with Crippen molar-refractivity contribution in [2.75, 3.05) is 6.61 Å². The number of unbranched alkanes of at least 4 members (excludes halogenated alkanes) is 1. The molecule has 5 heteroatoms.